The van der Waals surface area contributed by atoms with Crippen molar-refractivity contribution in [1.29, 1.82) is 0 Å². The summed E-state index contributed by atoms with van der Waals surface area (Å²) in [5, 5.41) is 0. The van der Waals surface area contributed by atoms with Gasteiger partial charge in [-0.05, 0) is 39.5 Å². The van der Waals surface area contributed by atoms with Crippen molar-refractivity contribution < 1.29 is 0 Å². The lowest BCUT2D eigenvalue weighted by Crippen LogP contribution is -2.24. The standard InChI is InChI=1S/C18H27B/c1-14-13-16(8-6-12-19)9-10-17(14)18(3)11-5-4-7-15(18)2/h4-5,7,13H,6,8-12,19H2,1-3H3. The molecule has 0 bridgehead atoms. The molecule has 0 spiro atoms. The second-order valence-corrected chi connectivity index (χ2v) is 6.38. The van der Waals surface area contributed by atoms with Crippen molar-refractivity contribution in [3.63, 3.8) is 0 Å². The lowest BCUT2D eigenvalue weighted by Gasteiger charge is -2.37. The van der Waals surface area contributed by atoms with Crippen LogP contribution in [0.5, 0.6) is 0 Å². The van der Waals surface area contributed by atoms with E-state index in [0.717, 1.165) is 0 Å². The van der Waals surface area contributed by atoms with Crippen LogP contribution in [0.1, 0.15) is 52.9 Å². The highest BCUT2D eigenvalue weighted by atomic mass is 14.4. The first kappa shape index (κ1) is 14.4. The highest BCUT2D eigenvalue weighted by Crippen LogP contribution is 2.46. The Morgan fingerprint density at radius 1 is 1.26 bits per heavy atom. The zero-order valence-electron chi connectivity index (χ0n) is 13.1. The van der Waals surface area contributed by atoms with Crippen molar-refractivity contribution in [2.45, 2.75) is 59.2 Å². The molecule has 102 valence electrons. The van der Waals surface area contributed by atoms with Crippen molar-refractivity contribution in [2.75, 3.05) is 0 Å². The van der Waals surface area contributed by atoms with Crippen molar-refractivity contribution in [2.24, 2.45) is 5.41 Å². The number of hydrogen-bond acceptors (Lipinski definition) is 0. The van der Waals surface area contributed by atoms with Crippen LogP contribution in [0.3, 0.4) is 0 Å². The summed E-state index contributed by atoms with van der Waals surface area (Å²) in [5.74, 6) is 0. The highest BCUT2D eigenvalue weighted by molar-refractivity contribution is 6.08. The summed E-state index contributed by atoms with van der Waals surface area (Å²) in [7, 11) is 2.28. The third kappa shape index (κ3) is 2.96. The molecule has 0 aliphatic heterocycles. The average molecular weight is 254 g/mol. The molecule has 1 atom stereocenters. The van der Waals surface area contributed by atoms with Crippen LogP contribution < -0.4 is 0 Å². The summed E-state index contributed by atoms with van der Waals surface area (Å²) in [5.41, 5.74) is 6.66. The van der Waals surface area contributed by atoms with Crippen LogP contribution in [0.25, 0.3) is 0 Å². The number of allylic oxidation sites excluding steroid dienone is 8. The Morgan fingerprint density at radius 3 is 2.68 bits per heavy atom. The van der Waals surface area contributed by atoms with Crippen LogP contribution in [0.15, 0.2) is 46.6 Å². The summed E-state index contributed by atoms with van der Waals surface area (Å²) in [6.45, 7) is 7.03. The molecule has 19 heavy (non-hydrogen) atoms. The van der Waals surface area contributed by atoms with Gasteiger partial charge in [0, 0.05) is 5.41 Å². The fourth-order valence-electron chi connectivity index (χ4n) is 3.48. The van der Waals surface area contributed by atoms with Gasteiger partial charge in [-0.25, -0.2) is 0 Å². The lowest BCUT2D eigenvalue weighted by molar-refractivity contribution is 0.454. The summed E-state index contributed by atoms with van der Waals surface area (Å²) < 4.78 is 0. The zero-order valence-corrected chi connectivity index (χ0v) is 13.1. The van der Waals surface area contributed by atoms with Gasteiger partial charge in [-0.15, -0.1) is 0 Å². The minimum Gasteiger partial charge on any atom is -0.0834 e. The predicted molar refractivity (Wildman–Crippen MR) is 88.2 cm³/mol. The Bertz CT molecular complexity index is 462. The summed E-state index contributed by atoms with van der Waals surface area (Å²) >= 11 is 0. The van der Waals surface area contributed by atoms with Crippen LogP contribution in [-0.2, 0) is 0 Å². The molecule has 0 fully saturated rings. The molecule has 0 saturated heterocycles. The van der Waals surface area contributed by atoms with Gasteiger partial charge in [-0.2, -0.15) is 0 Å². The summed E-state index contributed by atoms with van der Waals surface area (Å²) in [4.78, 5) is 0. The highest BCUT2D eigenvalue weighted by Gasteiger charge is 2.32. The average Bonchev–Trinajstić information content (AvgIpc) is 2.40. The molecule has 0 aromatic carbocycles. The lowest BCUT2D eigenvalue weighted by atomic mass is 9.67. The van der Waals surface area contributed by atoms with Gasteiger partial charge in [-0.1, -0.05) is 66.3 Å². The van der Waals surface area contributed by atoms with Crippen LogP contribution in [0.2, 0.25) is 6.32 Å². The van der Waals surface area contributed by atoms with Gasteiger partial charge in [0.05, 0.1) is 0 Å². The maximum atomic E-state index is 2.48. The fraction of sp³-hybridized carbons (Fsp3) is 0.556. The Kier molecular flexibility index (Phi) is 4.55. The topological polar surface area (TPSA) is 0 Å². The molecule has 0 N–H and O–H groups in total. The number of hydrogen-bond donors (Lipinski definition) is 0. The minimum atomic E-state index is 0.269. The largest absolute Gasteiger partial charge is 0.101 e. The van der Waals surface area contributed by atoms with E-state index in [1.807, 2.05) is 0 Å². The van der Waals surface area contributed by atoms with E-state index in [4.69, 9.17) is 0 Å². The van der Waals surface area contributed by atoms with E-state index in [1.165, 1.54) is 49.6 Å². The first-order valence-electron chi connectivity index (χ1n) is 7.81. The van der Waals surface area contributed by atoms with Gasteiger partial charge in [0.25, 0.3) is 0 Å². The molecular weight excluding hydrogens is 227 g/mol. The van der Waals surface area contributed by atoms with Crippen molar-refractivity contribution in [1.82, 2.24) is 0 Å². The van der Waals surface area contributed by atoms with E-state index in [0.29, 0.717) is 0 Å². The molecule has 0 radical (unpaired) electrons. The molecular formula is C18H27B. The second kappa shape index (κ2) is 5.99. The van der Waals surface area contributed by atoms with Crippen molar-refractivity contribution in [3.05, 3.63) is 46.6 Å². The summed E-state index contributed by atoms with van der Waals surface area (Å²) in [6.07, 6.45) is 16.9. The van der Waals surface area contributed by atoms with Crippen LogP contribution in [-0.4, -0.2) is 7.85 Å². The first-order valence-corrected chi connectivity index (χ1v) is 7.81. The van der Waals surface area contributed by atoms with Crippen molar-refractivity contribution in [3.8, 4) is 0 Å². The van der Waals surface area contributed by atoms with E-state index in [1.54, 1.807) is 11.1 Å². The van der Waals surface area contributed by atoms with E-state index in [9.17, 15) is 0 Å². The van der Waals surface area contributed by atoms with Gasteiger partial charge in [0.15, 0.2) is 0 Å². The van der Waals surface area contributed by atoms with Gasteiger partial charge in [0.2, 0.25) is 0 Å². The SMILES string of the molecule is BCCCC1=CC(C)=C(C2(C)CC=CC=C2C)CC1. The molecule has 0 amide bonds. The maximum absolute atomic E-state index is 2.48. The van der Waals surface area contributed by atoms with Gasteiger partial charge >= 0.3 is 0 Å². The van der Waals surface area contributed by atoms with Gasteiger partial charge in [0.1, 0.15) is 7.85 Å². The predicted octanol–water partition coefficient (Wildman–Crippen LogP) is 4.77. The van der Waals surface area contributed by atoms with E-state index >= 15 is 0 Å². The number of rotatable bonds is 4. The molecule has 2 rings (SSSR count). The van der Waals surface area contributed by atoms with E-state index in [-0.39, 0.29) is 5.41 Å². The Labute approximate surface area is 119 Å². The minimum absolute atomic E-state index is 0.269. The Morgan fingerprint density at radius 2 is 2.05 bits per heavy atom. The molecule has 1 heteroatoms. The molecule has 0 nitrogen and oxygen atoms in total. The molecule has 2 aliphatic rings. The van der Waals surface area contributed by atoms with Crippen LogP contribution in [0.4, 0.5) is 0 Å². The van der Waals surface area contributed by atoms with E-state index < -0.39 is 0 Å². The molecule has 0 aromatic heterocycles. The first-order chi connectivity index (χ1) is 9.08. The molecule has 1 unspecified atom stereocenters. The quantitative estimate of drug-likeness (QED) is 0.634. The Balaban J connectivity index is 2.24. The fourth-order valence-corrected chi connectivity index (χ4v) is 3.48. The van der Waals surface area contributed by atoms with Crippen molar-refractivity contribution >= 4 is 7.85 Å². The molecule has 0 saturated carbocycles. The van der Waals surface area contributed by atoms with Crippen LogP contribution in [0, 0.1) is 5.41 Å². The molecule has 0 heterocycles. The van der Waals surface area contributed by atoms with Gasteiger partial charge in [-0.3, -0.25) is 0 Å². The smallest absolute Gasteiger partial charge is 0.0834 e. The maximum Gasteiger partial charge on any atom is 0.101 e. The Hall–Kier alpha value is -0.975. The monoisotopic (exact) mass is 254 g/mol. The van der Waals surface area contributed by atoms with E-state index in [2.05, 4.69) is 52.9 Å². The normalized spacial score (nSPS) is 27.3. The summed E-state index contributed by atoms with van der Waals surface area (Å²) in [6, 6.07) is 0. The second-order valence-electron chi connectivity index (χ2n) is 6.38. The third-order valence-corrected chi connectivity index (χ3v) is 4.99. The van der Waals surface area contributed by atoms with Crippen LogP contribution >= 0.6 is 0 Å². The molecule has 0 aromatic rings. The molecule has 2 aliphatic carbocycles. The third-order valence-electron chi connectivity index (χ3n) is 4.99. The zero-order chi connectivity index (χ0) is 13.9. The van der Waals surface area contributed by atoms with Gasteiger partial charge < -0.3 is 0 Å².